The van der Waals surface area contributed by atoms with E-state index in [4.69, 9.17) is 9.47 Å². The van der Waals surface area contributed by atoms with Crippen molar-refractivity contribution in [3.63, 3.8) is 0 Å². The topological polar surface area (TPSA) is 71.0 Å². The molecule has 1 aromatic heterocycles. The van der Waals surface area contributed by atoms with Gasteiger partial charge in [0.15, 0.2) is 5.96 Å². The summed E-state index contributed by atoms with van der Waals surface area (Å²) in [4.78, 5) is 11.3. The summed E-state index contributed by atoms with van der Waals surface area (Å²) in [6.45, 7) is 10.2. The van der Waals surface area contributed by atoms with Gasteiger partial charge in [0, 0.05) is 51.5 Å². The van der Waals surface area contributed by atoms with Gasteiger partial charge in [0.2, 0.25) is 5.88 Å². The minimum atomic E-state index is 0. The van der Waals surface area contributed by atoms with Crippen molar-refractivity contribution in [3.05, 3.63) is 59.8 Å². The van der Waals surface area contributed by atoms with Crippen LogP contribution in [0.5, 0.6) is 5.88 Å². The number of guanidine groups is 1. The SMILES string of the molecule is CN=C(NCc1ccnc(OCc2ccccc2)c1)NCC(CC(C)C)N1CCOCC1.I. The normalized spacial score (nSPS) is 15.6. The molecule has 8 heteroatoms. The Hall–Kier alpha value is -1.91. The van der Waals surface area contributed by atoms with Crippen LogP contribution in [-0.2, 0) is 17.9 Å². The van der Waals surface area contributed by atoms with Crippen LogP contribution in [-0.4, -0.2) is 61.8 Å². The number of benzene rings is 1. The van der Waals surface area contributed by atoms with Gasteiger partial charge in [-0.2, -0.15) is 0 Å². The number of pyridine rings is 1. The number of hydrogen-bond donors (Lipinski definition) is 2. The minimum absolute atomic E-state index is 0. The molecule has 0 bridgehead atoms. The van der Waals surface area contributed by atoms with Gasteiger partial charge in [0.1, 0.15) is 6.61 Å². The Morgan fingerprint density at radius 1 is 1.12 bits per heavy atom. The van der Waals surface area contributed by atoms with Crippen molar-refractivity contribution in [2.45, 2.75) is 39.5 Å². The van der Waals surface area contributed by atoms with Crippen LogP contribution >= 0.6 is 24.0 Å². The van der Waals surface area contributed by atoms with Gasteiger partial charge in [-0.25, -0.2) is 4.98 Å². The highest BCUT2D eigenvalue weighted by Gasteiger charge is 2.22. The predicted molar refractivity (Wildman–Crippen MR) is 144 cm³/mol. The van der Waals surface area contributed by atoms with E-state index in [-0.39, 0.29) is 24.0 Å². The second-order valence-corrected chi connectivity index (χ2v) is 8.51. The van der Waals surface area contributed by atoms with Crippen molar-refractivity contribution in [2.24, 2.45) is 10.9 Å². The molecule has 0 spiro atoms. The molecule has 0 aliphatic carbocycles. The molecule has 1 aliphatic rings. The third kappa shape index (κ3) is 9.85. The van der Waals surface area contributed by atoms with Gasteiger partial charge in [-0.05, 0) is 29.5 Å². The Labute approximate surface area is 215 Å². The van der Waals surface area contributed by atoms with Gasteiger partial charge < -0.3 is 20.1 Å². The number of nitrogens with zero attached hydrogens (tertiary/aromatic N) is 3. The van der Waals surface area contributed by atoms with Crippen LogP contribution in [0.3, 0.4) is 0 Å². The van der Waals surface area contributed by atoms with Crippen LogP contribution in [0.1, 0.15) is 31.4 Å². The molecule has 3 rings (SSSR count). The highest BCUT2D eigenvalue weighted by atomic mass is 127. The highest BCUT2D eigenvalue weighted by Crippen LogP contribution is 2.14. The second kappa shape index (κ2) is 15.1. The van der Waals surface area contributed by atoms with E-state index >= 15 is 0 Å². The fourth-order valence-electron chi connectivity index (χ4n) is 3.84. The third-order valence-electron chi connectivity index (χ3n) is 5.52. The molecule has 1 aromatic carbocycles. The summed E-state index contributed by atoms with van der Waals surface area (Å²) in [5, 5.41) is 6.92. The second-order valence-electron chi connectivity index (χ2n) is 8.51. The molecule has 1 fully saturated rings. The van der Waals surface area contributed by atoms with Gasteiger partial charge in [0.05, 0.1) is 13.2 Å². The summed E-state index contributed by atoms with van der Waals surface area (Å²) in [6.07, 6.45) is 2.93. The Bertz CT molecular complexity index is 829. The smallest absolute Gasteiger partial charge is 0.213 e. The predicted octanol–water partition coefficient (Wildman–Crippen LogP) is 3.69. The Morgan fingerprint density at radius 3 is 2.58 bits per heavy atom. The zero-order chi connectivity index (χ0) is 22.6. The maximum atomic E-state index is 5.85. The van der Waals surface area contributed by atoms with Crippen LogP contribution in [0.2, 0.25) is 0 Å². The number of halogens is 1. The van der Waals surface area contributed by atoms with E-state index in [1.165, 1.54) is 0 Å². The first kappa shape index (κ1) is 27.3. The molecule has 0 saturated carbocycles. The third-order valence-corrected chi connectivity index (χ3v) is 5.52. The molecule has 182 valence electrons. The number of nitrogens with one attached hydrogen (secondary N) is 2. The van der Waals surface area contributed by atoms with Gasteiger partial charge in [0.25, 0.3) is 0 Å². The number of morpholine rings is 1. The first-order chi connectivity index (χ1) is 15.6. The molecule has 1 unspecified atom stereocenters. The van der Waals surface area contributed by atoms with Gasteiger partial charge in [-0.1, -0.05) is 44.2 Å². The van der Waals surface area contributed by atoms with Crippen LogP contribution in [0.15, 0.2) is 53.7 Å². The van der Waals surface area contributed by atoms with Crippen LogP contribution in [0.4, 0.5) is 0 Å². The average molecular weight is 568 g/mol. The summed E-state index contributed by atoms with van der Waals surface area (Å²) in [6, 6.07) is 14.5. The first-order valence-electron chi connectivity index (χ1n) is 11.5. The summed E-state index contributed by atoms with van der Waals surface area (Å²) >= 11 is 0. The van der Waals surface area contributed by atoms with E-state index in [9.17, 15) is 0 Å². The number of aliphatic imine (C=N–C) groups is 1. The maximum Gasteiger partial charge on any atom is 0.213 e. The lowest BCUT2D eigenvalue weighted by Gasteiger charge is -2.35. The molecular weight excluding hydrogens is 529 g/mol. The van der Waals surface area contributed by atoms with Gasteiger partial charge in [-0.15, -0.1) is 24.0 Å². The average Bonchev–Trinajstić information content (AvgIpc) is 2.83. The lowest BCUT2D eigenvalue weighted by Crippen LogP contribution is -2.50. The van der Waals surface area contributed by atoms with Crippen molar-refractivity contribution in [1.29, 1.82) is 0 Å². The molecule has 1 saturated heterocycles. The summed E-state index contributed by atoms with van der Waals surface area (Å²) in [5.74, 6) is 2.07. The van der Waals surface area contributed by atoms with E-state index in [0.29, 0.717) is 31.0 Å². The van der Waals surface area contributed by atoms with E-state index in [1.807, 2.05) is 49.5 Å². The zero-order valence-corrected chi connectivity index (χ0v) is 22.3. The molecule has 33 heavy (non-hydrogen) atoms. The van der Waals surface area contributed by atoms with Crippen LogP contribution in [0, 0.1) is 5.92 Å². The largest absolute Gasteiger partial charge is 0.473 e. The van der Waals surface area contributed by atoms with Crippen molar-refractivity contribution in [3.8, 4) is 5.88 Å². The van der Waals surface area contributed by atoms with Crippen LogP contribution in [0.25, 0.3) is 0 Å². The van der Waals surface area contributed by atoms with Crippen molar-refractivity contribution in [1.82, 2.24) is 20.5 Å². The zero-order valence-electron chi connectivity index (χ0n) is 20.0. The van der Waals surface area contributed by atoms with Crippen molar-refractivity contribution < 1.29 is 9.47 Å². The fraction of sp³-hybridized carbons (Fsp3) is 0.520. The van der Waals surface area contributed by atoms with E-state index in [1.54, 1.807) is 6.20 Å². The van der Waals surface area contributed by atoms with Crippen LogP contribution < -0.4 is 15.4 Å². The molecule has 2 N–H and O–H groups in total. The Morgan fingerprint density at radius 2 is 1.88 bits per heavy atom. The van der Waals surface area contributed by atoms with E-state index in [0.717, 1.165) is 56.4 Å². The van der Waals surface area contributed by atoms with E-state index in [2.05, 4.69) is 39.4 Å². The number of rotatable bonds is 10. The maximum absolute atomic E-state index is 5.85. The lowest BCUT2D eigenvalue weighted by atomic mass is 10.0. The molecule has 0 radical (unpaired) electrons. The molecule has 2 heterocycles. The monoisotopic (exact) mass is 567 g/mol. The lowest BCUT2D eigenvalue weighted by molar-refractivity contribution is 0.0132. The quantitative estimate of drug-likeness (QED) is 0.259. The van der Waals surface area contributed by atoms with Gasteiger partial charge in [-0.3, -0.25) is 9.89 Å². The Kier molecular flexibility index (Phi) is 12.5. The molecule has 1 aliphatic heterocycles. The number of ether oxygens (including phenoxy) is 2. The van der Waals surface area contributed by atoms with E-state index < -0.39 is 0 Å². The molecule has 0 amide bonds. The summed E-state index contributed by atoms with van der Waals surface area (Å²) in [5.41, 5.74) is 2.22. The number of aromatic nitrogens is 1. The van der Waals surface area contributed by atoms with Gasteiger partial charge >= 0.3 is 0 Å². The summed E-state index contributed by atoms with van der Waals surface area (Å²) < 4.78 is 11.4. The standard InChI is InChI=1S/C25H37N5O2.HI/c1-20(2)15-23(30-11-13-31-14-12-30)18-29-25(26-3)28-17-22-9-10-27-24(16-22)32-19-21-7-5-4-6-8-21;/h4-10,16,20,23H,11-15,17-19H2,1-3H3,(H2,26,28,29);1H. The summed E-state index contributed by atoms with van der Waals surface area (Å²) in [7, 11) is 1.81. The van der Waals surface area contributed by atoms with Crippen molar-refractivity contribution >= 4 is 29.9 Å². The molecule has 7 nitrogen and oxygen atoms in total. The number of hydrogen-bond acceptors (Lipinski definition) is 5. The molecular formula is C25H38IN5O2. The highest BCUT2D eigenvalue weighted by molar-refractivity contribution is 14.0. The molecule has 2 aromatic rings. The first-order valence-corrected chi connectivity index (χ1v) is 11.5. The minimum Gasteiger partial charge on any atom is -0.473 e. The molecule has 1 atom stereocenters. The fourth-order valence-corrected chi connectivity index (χ4v) is 3.84. The van der Waals surface area contributed by atoms with Crippen molar-refractivity contribution in [2.75, 3.05) is 39.9 Å². The Balaban J connectivity index is 0.00000385.